The molecular formula is C24H31FN4O2. The Morgan fingerprint density at radius 2 is 2.10 bits per heavy atom. The molecule has 3 N–H and O–H groups in total. The van der Waals surface area contributed by atoms with Crippen molar-refractivity contribution in [1.82, 2.24) is 4.90 Å². The van der Waals surface area contributed by atoms with E-state index in [0.717, 1.165) is 22.4 Å². The summed E-state index contributed by atoms with van der Waals surface area (Å²) in [5.74, 6) is -1.64. The maximum absolute atomic E-state index is 16.0. The van der Waals surface area contributed by atoms with Gasteiger partial charge in [-0.2, -0.15) is 5.26 Å². The predicted molar refractivity (Wildman–Crippen MR) is 115 cm³/mol. The van der Waals surface area contributed by atoms with Crippen molar-refractivity contribution in [1.29, 1.82) is 10.7 Å². The molecule has 1 saturated carbocycles. The van der Waals surface area contributed by atoms with Gasteiger partial charge in [0, 0.05) is 7.11 Å². The van der Waals surface area contributed by atoms with Crippen molar-refractivity contribution in [2.45, 2.75) is 57.7 Å². The van der Waals surface area contributed by atoms with Gasteiger partial charge in [-0.1, -0.05) is 19.9 Å². The van der Waals surface area contributed by atoms with Crippen molar-refractivity contribution >= 4 is 11.9 Å². The zero-order valence-electron chi connectivity index (χ0n) is 18.6. The summed E-state index contributed by atoms with van der Waals surface area (Å²) in [6.07, 6.45) is 2.02. The van der Waals surface area contributed by atoms with Gasteiger partial charge in [-0.3, -0.25) is 15.1 Å². The number of benzene rings is 1. The number of hydrogen-bond acceptors (Lipinski definition) is 4. The maximum Gasteiger partial charge on any atom is 0.237 e. The van der Waals surface area contributed by atoms with Crippen LogP contribution in [0.15, 0.2) is 18.2 Å². The van der Waals surface area contributed by atoms with Crippen LogP contribution in [0.25, 0.3) is 0 Å². The molecule has 3 aliphatic rings. The highest BCUT2D eigenvalue weighted by atomic mass is 19.1. The zero-order valence-corrected chi connectivity index (χ0v) is 18.6. The van der Waals surface area contributed by atoms with E-state index in [-0.39, 0.29) is 36.3 Å². The van der Waals surface area contributed by atoms with Gasteiger partial charge in [0.15, 0.2) is 5.96 Å². The van der Waals surface area contributed by atoms with E-state index in [9.17, 15) is 10.1 Å². The van der Waals surface area contributed by atoms with Crippen LogP contribution < -0.4 is 5.73 Å². The summed E-state index contributed by atoms with van der Waals surface area (Å²) < 4.78 is 21.9. The molecule has 2 aliphatic carbocycles. The van der Waals surface area contributed by atoms with Crippen LogP contribution in [0.4, 0.5) is 4.39 Å². The number of nitrogens with zero attached hydrogens (tertiary/aromatic N) is 2. The first kappa shape index (κ1) is 21.8. The van der Waals surface area contributed by atoms with E-state index >= 15 is 4.39 Å². The largest absolute Gasteiger partial charge is 0.381 e. The van der Waals surface area contributed by atoms with Crippen LogP contribution in [-0.2, 0) is 16.0 Å². The van der Waals surface area contributed by atoms with Crippen LogP contribution in [0, 0.1) is 39.9 Å². The van der Waals surface area contributed by atoms with E-state index in [0.29, 0.717) is 18.4 Å². The highest BCUT2D eigenvalue weighted by molar-refractivity contribution is 5.99. The van der Waals surface area contributed by atoms with Crippen LogP contribution in [0.5, 0.6) is 0 Å². The number of ether oxygens (including phenoxy) is 1. The van der Waals surface area contributed by atoms with Crippen molar-refractivity contribution in [3.05, 3.63) is 34.9 Å². The highest BCUT2D eigenvalue weighted by Gasteiger charge is 2.60. The van der Waals surface area contributed by atoms with E-state index in [2.05, 4.69) is 13.0 Å². The quantitative estimate of drug-likeness (QED) is 0.531. The first-order chi connectivity index (χ1) is 14.5. The molecule has 1 saturated heterocycles. The fourth-order valence-electron chi connectivity index (χ4n) is 6.73. The number of hydrogen-bond donors (Lipinski definition) is 2. The normalized spacial score (nSPS) is 39.5. The Labute approximate surface area is 183 Å². The molecule has 0 aromatic heterocycles. The number of amides is 1. The molecule has 1 aromatic carbocycles. The summed E-state index contributed by atoms with van der Waals surface area (Å²) in [4.78, 5) is 15.0. The summed E-state index contributed by atoms with van der Waals surface area (Å²) in [7, 11) is 1.68. The molecule has 166 valence electrons. The summed E-state index contributed by atoms with van der Waals surface area (Å²) in [5, 5.41) is 17.5. The first-order valence-corrected chi connectivity index (χ1v) is 10.9. The van der Waals surface area contributed by atoms with Crippen LogP contribution in [0.1, 0.15) is 56.2 Å². The fraction of sp³-hybridized carbons (Fsp3) is 0.625. The summed E-state index contributed by atoms with van der Waals surface area (Å²) in [6, 6.07) is 7.69. The lowest BCUT2D eigenvalue weighted by atomic mass is 9.56. The second-order valence-electron chi connectivity index (χ2n) is 10.1. The number of halogens is 1. The maximum atomic E-state index is 16.0. The Morgan fingerprint density at radius 1 is 1.39 bits per heavy atom. The van der Waals surface area contributed by atoms with E-state index in [1.54, 1.807) is 19.2 Å². The summed E-state index contributed by atoms with van der Waals surface area (Å²) in [5.41, 5.74) is 6.06. The lowest BCUT2D eigenvalue weighted by Crippen LogP contribution is -2.52. The van der Waals surface area contributed by atoms with Crippen LogP contribution >= 0.6 is 0 Å². The molecule has 2 bridgehead atoms. The average molecular weight is 427 g/mol. The van der Waals surface area contributed by atoms with Gasteiger partial charge in [0.25, 0.3) is 0 Å². The summed E-state index contributed by atoms with van der Waals surface area (Å²) in [6.45, 7) is 5.25. The van der Waals surface area contributed by atoms with Gasteiger partial charge in [-0.15, -0.1) is 0 Å². The molecule has 6 nitrogen and oxygen atoms in total. The monoisotopic (exact) mass is 426 g/mol. The minimum absolute atomic E-state index is 0.0734. The number of guanidine groups is 1. The van der Waals surface area contributed by atoms with Gasteiger partial charge in [0.2, 0.25) is 5.91 Å². The number of carbonyl (C=O) groups is 1. The smallest absolute Gasteiger partial charge is 0.237 e. The predicted octanol–water partition coefficient (Wildman–Crippen LogP) is 3.35. The molecule has 1 aliphatic heterocycles. The minimum atomic E-state index is -1.73. The lowest BCUT2D eigenvalue weighted by molar-refractivity contribution is -0.135. The number of alkyl halides is 1. The van der Waals surface area contributed by atoms with Gasteiger partial charge in [-0.05, 0) is 72.6 Å². The molecular weight excluding hydrogens is 395 g/mol. The van der Waals surface area contributed by atoms with Crippen LogP contribution in [0.3, 0.4) is 0 Å². The fourth-order valence-corrected chi connectivity index (χ4v) is 6.73. The molecule has 31 heavy (non-hydrogen) atoms. The SMILES string of the molecule is CO[C@@H]1C(C)C[C@@]23Cc4ccc(C#N)cc4[C@H]2C(=O)N(C(=N)N)CC(C)(F)C(C)C1C3. The number of rotatable bonds is 1. The molecule has 1 amide bonds. The number of nitrogens with two attached hydrogens (primary N) is 1. The first-order valence-electron chi connectivity index (χ1n) is 10.9. The molecule has 7 atom stereocenters. The standard InChI is InChI=1S/C24H31FN4O2/c1-13-8-24-9-16-6-5-15(11-26)7-17(16)19(24)21(30)29(22(27)28)12-23(3,25)14(2)18(10-24)20(13)31-4/h5-7,13-14,18-20H,8-10,12H2,1-4H3,(H3,27,28)/t13?,14?,18?,19-,20+,23?,24-/m0/s1. The Kier molecular flexibility index (Phi) is 5.13. The molecule has 1 aromatic rings. The van der Waals surface area contributed by atoms with Gasteiger partial charge in [-0.25, -0.2) is 4.39 Å². The van der Waals surface area contributed by atoms with Gasteiger partial charge < -0.3 is 10.5 Å². The molecule has 0 radical (unpaired) electrons. The second kappa shape index (κ2) is 7.30. The van der Waals surface area contributed by atoms with Crippen molar-refractivity contribution in [3.63, 3.8) is 0 Å². The van der Waals surface area contributed by atoms with Gasteiger partial charge in [0.1, 0.15) is 5.67 Å². The second-order valence-corrected chi connectivity index (χ2v) is 10.1. The van der Waals surface area contributed by atoms with E-state index in [4.69, 9.17) is 15.9 Å². The number of nitriles is 1. The molecule has 4 rings (SSSR count). The van der Waals surface area contributed by atoms with Crippen molar-refractivity contribution < 1.29 is 13.9 Å². The third-order valence-corrected chi connectivity index (χ3v) is 8.23. The number of methoxy groups -OCH3 is 1. The Balaban J connectivity index is 1.94. The van der Waals surface area contributed by atoms with E-state index < -0.39 is 23.0 Å². The van der Waals surface area contributed by atoms with Crippen LogP contribution in [0.2, 0.25) is 0 Å². The van der Waals surface area contributed by atoms with Crippen molar-refractivity contribution in [2.75, 3.05) is 13.7 Å². The van der Waals surface area contributed by atoms with Gasteiger partial charge in [0.05, 0.1) is 30.2 Å². The Hall–Kier alpha value is -2.46. The Bertz CT molecular complexity index is 971. The number of nitrogens with one attached hydrogen (secondary N) is 1. The average Bonchev–Trinajstić information content (AvgIpc) is 3.02. The molecule has 4 unspecified atom stereocenters. The van der Waals surface area contributed by atoms with Crippen molar-refractivity contribution in [2.24, 2.45) is 28.9 Å². The Morgan fingerprint density at radius 3 is 2.71 bits per heavy atom. The third-order valence-electron chi connectivity index (χ3n) is 8.23. The number of carbonyl (C=O) groups excluding carboxylic acids is 1. The van der Waals surface area contributed by atoms with Crippen molar-refractivity contribution in [3.8, 4) is 6.07 Å². The number of fused-ring (bicyclic) bond motifs is 3. The van der Waals surface area contributed by atoms with Gasteiger partial charge >= 0.3 is 0 Å². The molecule has 1 heterocycles. The zero-order chi connectivity index (χ0) is 22.7. The van der Waals surface area contributed by atoms with E-state index in [1.807, 2.05) is 13.0 Å². The molecule has 2 fully saturated rings. The molecule has 7 heteroatoms. The minimum Gasteiger partial charge on any atom is -0.381 e. The molecule has 1 spiro atoms. The topological polar surface area (TPSA) is 103 Å². The highest BCUT2D eigenvalue weighted by Crippen LogP contribution is 2.61. The third kappa shape index (κ3) is 3.23. The van der Waals surface area contributed by atoms with Crippen LogP contribution in [-0.4, -0.2) is 42.2 Å². The summed E-state index contributed by atoms with van der Waals surface area (Å²) >= 11 is 0. The lowest BCUT2D eigenvalue weighted by Gasteiger charge is -2.50. The van der Waals surface area contributed by atoms with E-state index in [1.165, 1.54) is 6.92 Å².